The Bertz CT molecular complexity index is 1050. The van der Waals surface area contributed by atoms with Crippen molar-refractivity contribution in [3.05, 3.63) is 23.8 Å². The molecule has 1 amide bonds. The minimum atomic E-state index is -5.06. The van der Waals surface area contributed by atoms with E-state index in [4.69, 9.17) is 0 Å². The van der Waals surface area contributed by atoms with Gasteiger partial charge in [-0.3, -0.25) is 4.79 Å². The number of likely N-dealkylation sites (tertiary alicyclic amines) is 1. The standard InChI is InChI=1S/C20H21F7N2O3S/c21-18(22)5-6-28(9-18)13-2-4-16(15(8-13)20(25,26)27)33(31,32)14-3-1-12(7-14)17(30)29-10-19(23,24)11-29/h2,4,8,12,14H,1,3,5-7,9-11H2. The zero-order valence-corrected chi connectivity index (χ0v) is 18.0. The fraction of sp³-hybridized carbons (Fsp3) is 0.650. The number of rotatable bonds is 4. The topological polar surface area (TPSA) is 57.7 Å². The zero-order chi connectivity index (χ0) is 24.4. The van der Waals surface area contributed by atoms with Crippen LogP contribution in [0.5, 0.6) is 0 Å². The second-order valence-electron chi connectivity index (χ2n) is 8.93. The molecule has 2 heterocycles. The van der Waals surface area contributed by atoms with Gasteiger partial charge >= 0.3 is 6.18 Å². The number of benzene rings is 1. The van der Waals surface area contributed by atoms with E-state index in [0.29, 0.717) is 6.07 Å². The van der Waals surface area contributed by atoms with Gasteiger partial charge < -0.3 is 9.80 Å². The van der Waals surface area contributed by atoms with Crippen LogP contribution in [0.15, 0.2) is 23.1 Å². The quantitative estimate of drug-likeness (QED) is 0.585. The fourth-order valence-corrected chi connectivity index (χ4v) is 6.72. The molecule has 0 radical (unpaired) electrons. The first kappa shape index (κ1) is 24.1. The lowest BCUT2D eigenvalue weighted by Gasteiger charge is -2.40. The summed E-state index contributed by atoms with van der Waals surface area (Å²) in [6.45, 7) is -2.44. The Labute approximate surface area is 185 Å². The molecular formula is C20H21F7N2O3S. The first-order valence-electron chi connectivity index (χ1n) is 10.3. The molecule has 2 aliphatic heterocycles. The minimum absolute atomic E-state index is 0.0626. The van der Waals surface area contributed by atoms with Gasteiger partial charge in [0.05, 0.1) is 35.3 Å². The molecule has 3 aliphatic rings. The van der Waals surface area contributed by atoms with Gasteiger partial charge in [-0.1, -0.05) is 0 Å². The number of halogens is 7. The lowest BCUT2D eigenvalue weighted by molar-refractivity contribution is -0.169. The van der Waals surface area contributed by atoms with Crippen molar-refractivity contribution in [2.45, 2.75) is 53.9 Å². The predicted molar refractivity (Wildman–Crippen MR) is 103 cm³/mol. The van der Waals surface area contributed by atoms with Crippen molar-refractivity contribution < 1.29 is 43.9 Å². The monoisotopic (exact) mass is 502 g/mol. The third-order valence-electron chi connectivity index (χ3n) is 6.44. The van der Waals surface area contributed by atoms with E-state index in [2.05, 4.69) is 0 Å². The Morgan fingerprint density at radius 2 is 1.67 bits per heavy atom. The Morgan fingerprint density at radius 1 is 1.00 bits per heavy atom. The summed E-state index contributed by atoms with van der Waals surface area (Å²) in [6, 6.07) is 2.41. The molecule has 0 bridgehead atoms. The highest BCUT2D eigenvalue weighted by Gasteiger charge is 2.50. The lowest BCUT2D eigenvalue weighted by atomic mass is 10.0. The maximum Gasteiger partial charge on any atom is 0.417 e. The van der Waals surface area contributed by atoms with Crippen LogP contribution in [0.1, 0.15) is 31.2 Å². The highest BCUT2D eigenvalue weighted by atomic mass is 32.2. The first-order valence-corrected chi connectivity index (χ1v) is 11.9. The molecule has 4 rings (SSSR count). The molecule has 1 saturated carbocycles. The van der Waals surface area contributed by atoms with Crippen molar-refractivity contribution in [2.24, 2.45) is 5.92 Å². The molecule has 0 aromatic heterocycles. The van der Waals surface area contributed by atoms with Crippen LogP contribution >= 0.6 is 0 Å². The van der Waals surface area contributed by atoms with Crippen molar-refractivity contribution in [3.63, 3.8) is 0 Å². The molecular weight excluding hydrogens is 481 g/mol. The van der Waals surface area contributed by atoms with E-state index in [-0.39, 0.29) is 31.5 Å². The summed E-state index contributed by atoms with van der Waals surface area (Å²) in [6.07, 6.45) is -5.86. The number of hydrogen-bond donors (Lipinski definition) is 0. The molecule has 3 fully saturated rings. The number of alkyl halides is 7. The van der Waals surface area contributed by atoms with Gasteiger partial charge in [-0.05, 0) is 37.5 Å². The van der Waals surface area contributed by atoms with Crippen LogP contribution in [-0.4, -0.2) is 62.5 Å². The van der Waals surface area contributed by atoms with E-state index in [9.17, 15) is 43.9 Å². The van der Waals surface area contributed by atoms with Gasteiger partial charge in [-0.15, -0.1) is 0 Å². The molecule has 2 unspecified atom stereocenters. The Morgan fingerprint density at radius 3 is 2.21 bits per heavy atom. The Kier molecular flexibility index (Phi) is 5.65. The molecule has 33 heavy (non-hydrogen) atoms. The van der Waals surface area contributed by atoms with Crippen molar-refractivity contribution in [1.82, 2.24) is 4.90 Å². The average molecular weight is 502 g/mol. The van der Waals surface area contributed by atoms with Crippen molar-refractivity contribution in [2.75, 3.05) is 31.1 Å². The van der Waals surface area contributed by atoms with Crippen molar-refractivity contribution in [1.29, 1.82) is 0 Å². The molecule has 5 nitrogen and oxygen atoms in total. The summed E-state index contributed by atoms with van der Waals surface area (Å²) in [4.78, 5) is 13.4. The lowest BCUT2D eigenvalue weighted by Crippen LogP contribution is -2.59. The smallest absolute Gasteiger partial charge is 0.365 e. The van der Waals surface area contributed by atoms with Crippen LogP contribution in [0.3, 0.4) is 0 Å². The van der Waals surface area contributed by atoms with Gasteiger partial charge in [0, 0.05) is 24.6 Å². The summed E-state index contributed by atoms with van der Waals surface area (Å²) in [5.74, 6) is -7.52. The van der Waals surface area contributed by atoms with Gasteiger partial charge in [-0.2, -0.15) is 13.2 Å². The Hall–Kier alpha value is -2.05. The van der Waals surface area contributed by atoms with E-state index in [1.165, 1.54) is 0 Å². The zero-order valence-electron chi connectivity index (χ0n) is 17.2. The second-order valence-corrected chi connectivity index (χ2v) is 11.1. The van der Waals surface area contributed by atoms with Gasteiger partial charge in [0.1, 0.15) is 0 Å². The summed E-state index contributed by atoms with van der Waals surface area (Å²) >= 11 is 0. The summed E-state index contributed by atoms with van der Waals surface area (Å²) in [5, 5.41) is -1.28. The number of sulfone groups is 1. The van der Waals surface area contributed by atoms with E-state index in [1.807, 2.05) is 0 Å². The molecule has 13 heteroatoms. The molecule has 0 N–H and O–H groups in total. The maximum absolute atomic E-state index is 13.8. The predicted octanol–water partition coefficient (Wildman–Crippen LogP) is 3.97. The maximum atomic E-state index is 13.8. The number of anilines is 1. The molecule has 2 saturated heterocycles. The van der Waals surface area contributed by atoms with E-state index in [1.54, 1.807) is 0 Å². The molecule has 1 aliphatic carbocycles. The number of carbonyl (C=O) groups is 1. The molecule has 2 atom stereocenters. The average Bonchev–Trinajstić information content (AvgIpc) is 3.31. The van der Waals surface area contributed by atoms with Crippen molar-refractivity contribution >= 4 is 21.4 Å². The van der Waals surface area contributed by atoms with Gasteiger partial charge in [-0.25, -0.2) is 26.0 Å². The number of carbonyl (C=O) groups excluding carboxylic acids is 1. The molecule has 1 aromatic carbocycles. The Balaban J connectivity index is 1.56. The van der Waals surface area contributed by atoms with Crippen LogP contribution in [0.25, 0.3) is 0 Å². The van der Waals surface area contributed by atoms with Crippen LogP contribution in [0, 0.1) is 5.92 Å². The molecule has 1 aromatic rings. The van der Waals surface area contributed by atoms with E-state index < -0.39 is 81.4 Å². The van der Waals surface area contributed by atoms with Crippen LogP contribution < -0.4 is 4.90 Å². The second kappa shape index (κ2) is 7.74. The summed E-state index contributed by atoms with van der Waals surface area (Å²) in [7, 11) is -4.52. The van der Waals surface area contributed by atoms with E-state index in [0.717, 1.165) is 21.9 Å². The van der Waals surface area contributed by atoms with Gasteiger partial charge in [0.2, 0.25) is 5.91 Å². The first-order chi connectivity index (χ1) is 15.1. The van der Waals surface area contributed by atoms with Gasteiger partial charge in [0.15, 0.2) is 9.84 Å². The fourth-order valence-electron chi connectivity index (χ4n) is 4.69. The van der Waals surface area contributed by atoms with E-state index >= 15 is 0 Å². The number of hydrogen-bond acceptors (Lipinski definition) is 4. The molecule has 184 valence electrons. The summed E-state index contributed by atoms with van der Waals surface area (Å²) in [5.41, 5.74) is -1.61. The van der Waals surface area contributed by atoms with Crippen LogP contribution in [-0.2, 0) is 20.8 Å². The minimum Gasteiger partial charge on any atom is -0.365 e. The van der Waals surface area contributed by atoms with Crippen LogP contribution in [0.4, 0.5) is 36.4 Å². The number of nitrogens with zero attached hydrogens (tertiary/aromatic N) is 2. The highest BCUT2D eigenvalue weighted by molar-refractivity contribution is 7.92. The largest absolute Gasteiger partial charge is 0.417 e. The normalized spacial score (nSPS) is 27.0. The highest BCUT2D eigenvalue weighted by Crippen LogP contribution is 2.43. The third-order valence-corrected chi connectivity index (χ3v) is 8.71. The van der Waals surface area contributed by atoms with Crippen LogP contribution in [0.2, 0.25) is 0 Å². The SMILES string of the molecule is O=C(C1CCC(S(=O)(=O)c2ccc(N3CCC(F)(F)C3)cc2C(F)(F)F)C1)N1CC(F)(F)C1. The molecule has 0 spiro atoms. The third kappa shape index (κ3) is 4.65. The van der Waals surface area contributed by atoms with Crippen molar-refractivity contribution in [3.8, 4) is 0 Å². The summed E-state index contributed by atoms with van der Waals surface area (Å²) < 4.78 is 120. The number of amides is 1. The van der Waals surface area contributed by atoms with Gasteiger partial charge in [0.25, 0.3) is 11.8 Å².